The molecule has 1 fully saturated rings. The maximum absolute atomic E-state index is 5.97. The van der Waals surface area contributed by atoms with E-state index in [4.69, 9.17) is 44.3 Å². The van der Waals surface area contributed by atoms with E-state index in [1.165, 1.54) is 30.7 Å². The third-order valence-corrected chi connectivity index (χ3v) is 8.19. The summed E-state index contributed by atoms with van der Waals surface area (Å²) in [7, 11) is 0. The van der Waals surface area contributed by atoms with Crippen LogP contribution in [-0.2, 0) is 57.3 Å². The first-order valence-electron chi connectivity index (χ1n) is 16.8. The van der Waals surface area contributed by atoms with Crippen LogP contribution in [0.1, 0.15) is 57.3 Å². The van der Waals surface area contributed by atoms with Gasteiger partial charge in [-0.05, 0) is 56.3 Å². The summed E-state index contributed by atoms with van der Waals surface area (Å²) in [6.45, 7) is 12.9. The topological polar surface area (TPSA) is 105 Å². The van der Waals surface area contributed by atoms with Crippen molar-refractivity contribution >= 4 is 0 Å². The van der Waals surface area contributed by atoms with Crippen molar-refractivity contribution in [3.63, 3.8) is 0 Å². The molecule has 0 bridgehead atoms. The van der Waals surface area contributed by atoms with Crippen molar-refractivity contribution in [2.24, 2.45) is 17.8 Å². The third kappa shape index (κ3) is 14.6. The van der Waals surface area contributed by atoms with E-state index >= 15 is 0 Å². The molecule has 4 atom stereocenters. The monoisotopic (exact) mass is 623 g/mol. The minimum atomic E-state index is -0.194. The van der Waals surface area contributed by atoms with Gasteiger partial charge in [0.1, 0.15) is 12.7 Å². The molecular formula is C33H57N3O8. The molecule has 1 heterocycles. The van der Waals surface area contributed by atoms with E-state index in [2.05, 4.69) is 34.8 Å². The first-order valence-corrected chi connectivity index (χ1v) is 16.8. The van der Waals surface area contributed by atoms with E-state index in [-0.39, 0.29) is 6.10 Å². The van der Waals surface area contributed by atoms with Crippen LogP contribution in [-0.4, -0.2) is 120 Å². The summed E-state index contributed by atoms with van der Waals surface area (Å²) >= 11 is 0. The average Bonchev–Trinajstić information content (AvgIpc) is 3.56. The van der Waals surface area contributed by atoms with Crippen LogP contribution in [0.2, 0.25) is 0 Å². The summed E-state index contributed by atoms with van der Waals surface area (Å²) in [5.74, 6) is 5.20. The summed E-state index contributed by atoms with van der Waals surface area (Å²) in [5.41, 5.74) is 2.52. The Bertz CT molecular complexity index is 895. The quantitative estimate of drug-likeness (QED) is 0.102. The number of terminal acetylenes is 1. The molecule has 11 nitrogen and oxygen atoms in total. The maximum atomic E-state index is 5.97. The fourth-order valence-electron chi connectivity index (χ4n) is 5.91. The highest BCUT2D eigenvalue weighted by Crippen LogP contribution is 2.54. The zero-order valence-corrected chi connectivity index (χ0v) is 27.3. The van der Waals surface area contributed by atoms with Gasteiger partial charge in [-0.3, -0.25) is 0 Å². The summed E-state index contributed by atoms with van der Waals surface area (Å²) in [4.78, 5) is 0. The molecule has 2 aliphatic rings. The maximum Gasteiger partial charge on any atom is 0.107 e. The highest BCUT2D eigenvalue weighted by molar-refractivity contribution is 5.15. The van der Waals surface area contributed by atoms with Gasteiger partial charge in [-0.25, -0.2) is 4.68 Å². The molecule has 4 unspecified atom stereocenters. The Morgan fingerprint density at radius 2 is 1.36 bits per heavy atom. The van der Waals surface area contributed by atoms with Gasteiger partial charge in [0.2, 0.25) is 0 Å². The lowest BCUT2D eigenvalue weighted by Gasteiger charge is -2.18. The largest absolute Gasteiger partial charge is 0.379 e. The Hall–Kier alpha value is -1.62. The molecule has 11 heteroatoms. The van der Waals surface area contributed by atoms with Crippen molar-refractivity contribution in [2.45, 2.75) is 71.4 Å². The van der Waals surface area contributed by atoms with Crippen LogP contribution in [0.4, 0.5) is 0 Å². The standard InChI is InChI=1S/C33H57N3O8/c1-4-13-37-18-20-40-22-23-43-27-28(44-25-24-41-21-19-38-14-5-2)26-42-16-7-15-39-17-12-36-33-11-9-31-29(6-3)30(31)8-10-32(33)34-35-36/h1,28-31H,5-27H2,2-3H3. The Balaban J connectivity index is 1.23. The first-order chi connectivity index (χ1) is 21.8. The SMILES string of the molecule is C#CCOCCOCCOCC(COCCCOCCn1nnc2c1CCC1C(CC)C1CC2)OCCOCCOCCC. The van der Waals surface area contributed by atoms with Crippen molar-refractivity contribution in [1.29, 1.82) is 0 Å². The van der Waals surface area contributed by atoms with Gasteiger partial charge in [-0.15, -0.1) is 11.5 Å². The van der Waals surface area contributed by atoms with Crippen LogP contribution in [0.5, 0.6) is 0 Å². The minimum Gasteiger partial charge on any atom is -0.379 e. The molecule has 1 aromatic rings. The van der Waals surface area contributed by atoms with Crippen LogP contribution in [0.25, 0.3) is 0 Å². The molecule has 44 heavy (non-hydrogen) atoms. The molecule has 1 saturated carbocycles. The number of rotatable bonds is 28. The average molecular weight is 624 g/mol. The van der Waals surface area contributed by atoms with Gasteiger partial charge >= 0.3 is 0 Å². The molecule has 0 radical (unpaired) electrons. The van der Waals surface area contributed by atoms with Crippen molar-refractivity contribution in [1.82, 2.24) is 15.0 Å². The highest BCUT2D eigenvalue weighted by Gasteiger charge is 2.48. The fraction of sp³-hybridized carbons (Fsp3) is 0.879. The van der Waals surface area contributed by atoms with Crippen LogP contribution < -0.4 is 0 Å². The molecule has 0 aliphatic heterocycles. The van der Waals surface area contributed by atoms with Gasteiger partial charge in [0.15, 0.2) is 0 Å². The number of aromatic nitrogens is 3. The van der Waals surface area contributed by atoms with E-state index < -0.39 is 0 Å². The molecule has 0 saturated heterocycles. The van der Waals surface area contributed by atoms with E-state index in [0.717, 1.165) is 56.6 Å². The molecule has 0 N–H and O–H groups in total. The third-order valence-electron chi connectivity index (χ3n) is 8.19. The Morgan fingerprint density at radius 3 is 2.09 bits per heavy atom. The zero-order chi connectivity index (χ0) is 31.1. The highest BCUT2D eigenvalue weighted by atomic mass is 16.6. The second kappa shape index (κ2) is 23.7. The Kier molecular flexibility index (Phi) is 19.8. The lowest BCUT2D eigenvalue weighted by molar-refractivity contribution is -0.0826. The van der Waals surface area contributed by atoms with Crippen LogP contribution in [0.3, 0.4) is 0 Å². The lowest BCUT2D eigenvalue weighted by Crippen LogP contribution is -2.28. The van der Waals surface area contributed by atoms with E-state index in [1.54, 1.807) is 0 Å². The van der Waals surface area contributed by atoms with Gasteiger partial charge in [0.05, 0.1) is 90.6 Å². The number of hydrogen-bond acceptors (Lipinski definition) is 10. The summed E-state index contributed by atoms with van der Waals surface area (Å²) in [6.07, 6.45) is 12.8. The molecule has 3 rings (SSSR count). The summed E-state index contributed by atoms with van der Waals surface area (Å²) < 4.78 is 47.3. The predicted molar refractivity (Wildman–Crippen MR) is 167 cm³/mol. The molecule has 0 aromatic carbocycles. The van der Waals surface area contributed by atoms with Crippen molar-refractivity contribution in [3.8, 4) is 12.3 Å². The van der Waals surface area contributed by atoms with Gasteiger partial charge in [-0.1, -0.05) is 31.4 Å². The Labute approximate surface area is 264 Å². The normalized spacial score (nSPS) is 20.0. The molecule has 0 spiro atoms. The van der Waals surface area contributed by atoms with Crippen molar-refractivity contribution in [3.05, 3.63) is 11.4 Å². The van der Waals surface area contributed by atoms with Gasteiger partial charge < -0.3 is 37.9 Å². The fourth-order valence-corrected chi connectivity index (χ4v) is 5.91. The van der Waals surface area contributed by atoms with E-state index in [9.17, 15) is 0 Å². The van der Waals surface area contributed by atoms with Crippen molar-refractivity contribution in [2.75, 3.05) is 99.1 Å². The molecule has 2 aliphatic carbocycles. The molecule has 252 valence electrons. The smallest absolute Gasteiger partial charge is 0.107 e. The number of aryl methyl sites for hydroxylation is 1. The number of hydrogen-bond donors (Lipinski definition) is 0. The Morgan fingerprint density at radius 1 is 0.750 bits per heavy atom. The van der Waals surface area contributed by atoms with Gasteiger partial charge in [0.25, 0.3) is 0 Å². The second-order valence-electron chi connectivity index (χ2n) is 11.4. The minimum absolute atomic E-state index is 0.194. The number of ether oxygens (including phenoxy) is 8. The lowest BCUT2D eigenvalue weighted by atomic mass is 10.0. The number of nitrogens with zero attached hydrogens (tertiary/aromatic N) is 3. The molecule has 0 amide bonds. The molecular weight excluding hydrogens is 566 g/mol. The molecule has 1 aromatic heterocycles. The zero-order valence-electron chi connectivity index (χ0n) is 27.3. The van der Waals surface area contributed by atoms with Crippen LogP contribution >= 0.6 is 0 Å². The van der Waals surface area contributed by atoms with E-state index in [1.807, 2.05) is 0 Å². The first kappa shape index (κ1) is 36.8. The summed E-state index contributed by atoms with van der Waals surface area (Å²) in [5, 5.41) is 8.93. The summed E-state index contributed by atoms with van der Waals surface area (Å²) in [6, 6.07) is 0. The van der Waals surface area contributed by atoms with Crippen LogP contribution in [0, 0.1) is 30.1 Å². The van der Waals surface area contributed by atoms with E-state index in [0.29, 0.717) is 92.5 Å². The predicted octanol–water partition coefficient (Wildman–Crippen LogP) is 3.36. The second-order valence-corrected chi connectivity index (χ2v) is 11.4. The van der Waals surface area contributed by atoms with Gasteiger partial charge in [-0.2, -0.15) is 0 Å². The van der Waals surface area contributed by atoms with Crippen molar-refractivity contribution < 1.29 is 37.9 Å². The van der Waals surface area contributed by atoms with Gasteiger partial charge in [0, 0.05) is 19.8 Å². The number of fused-ring (bicyclic) bond motifs is 2. The van der Waals surface area contributed by atoms with Crippen LogP contribution in [0.15, 0.2) is 0 Å².